The summed E-state index contributed by atoms with van der Waals surface area (Å²) >= 11 is 0. The second kappa shape index (κ2) is 1.97. The van der Waals surface area contributed by atoms with Crippen molar-refractivity contribution < 1.29 is 8.42 Å². The van der Waals surface area contributed by atoms with E-state index in [4.69, 9.17) is 0 Å². The third-order valence-electron chi connectivity index (χ3n) is 0.419. The summed E-state index contributed by atoms with van der Waals surface area (Å²) in [7, 11) is -3.85. The molecule has 0 aromatic rings. The molecule has 0 fully saturated rings. The molecule has 0 amide bonds. The van der Waals surface area contributed by atoms with Crippen molar-refractivity contribution in [2.75, 3.05) is 0 Å². The second-order valence-corrected chi connectivity index (χ2v) is 2.52. The van der Waals surface area contributed by atoms with E-state index in [2.05, 4.69) is 21.8 Å². The third kappa shape index (κ3) is 1.76. The van der Waals surface area contributed by atoms with E-state index < -0.39 is 15.2 Å². The average Bonchev–Trinajstić information content (AvgIpc) is 1.62. The summed E-state index contributed by atoms with van der Waals surface area (Å²) in [5.74, 6) is 4.46. The quantitative estimate of drug-likeness (QED) is 0.148. The van der Waals surface area contributed by atoms with Crippen molar-refractivity contribution in [1.29, 1.82) is 0 Å². The number of nitrogens with zero attached hydrogens (tertiary/aromatic N) is 1. The smallest absolute Gasteiger partial charge is 0.272 e. The van der Waals surface area contributed by atoms with Gasteiger partial charge in [-0.25, -0.2) is 13.6 Å². The fraction of sp³-hybridized carbons (Fsp3) is 0. The molecule has 0 saturated heterocycles. The Morgan fingerprint density at radius 3 is 1.88 bits per heavy atom. The van der Waals surface area contributed by atoms with Gasteiger partial charge in [-0.05, 0) is 0 Å². The Morgan fingerprint density at radius 1 is 1.50 bits per heavy atom. The first kappa shape index (κ1) is 7.18. The maximum Gasteiger partial charge on any atom is 0.272 e. The minimum absolute atomic E-state index is 0.766. The number of nitrogens with two attached hydrogens (primary N) is 3. The van der Waals surface area contributed by atoms with E-state index in [0.717, 1.165) is 0 Å². The fourth-order valence-electron chi connectivity index (χ4n) is 0.0735. The topological polar surface area (TPSA) is 125 Å². The molecule has 0 aliphatic carbocycles. The molecule has 8 heavy (non-hydrogen) atoms. The molecule has 0 aromatic heterocycles. The van der Waals surface area contributed by atoms with E-state index in [-0.39, 0.29) is 0 Å². The highest BCUT2D eigenvalue weighted by Gasteiger charge is 2.06. The SMILES string of the molecule is NN=C(N)S(N)(=O)=O. The van der Waals surface area contributed by atoms with Crippen molar-refractivity contribution >= 4 is 15.2 Å². The molecule has 0 aliphatic rings. The van der Waals surface area contributed by atoms with Crippen molar-refractivity contribution in [1.82, 2.24) is 0 Å². The zero-order valence-corrected chi connectivity index (χ0v) is 4.72. The summed E-state index contributed by atoms with van der Waals surface area (Å²) in [4.78, 5) is 0. The van der Waals surface area contributed by atoms with E-state index >= 15 is 0 Å². The lowest BCUT2D eigenvalue weighted by Crippen LogP contribution is -2.31. The van der Waals surface area contributed by atoms with Crippen LogP contribution >= 0.6 is 0 Å². The van der Waals surface area contributed by atoms with Gasteiger partial charge in [0.15, 0.2) is 0 Å². The van der Waals surface area contributed by atoms with Crippen LogP contribution in [0.25, 0.3) is 0 Å². The van der Waals surface area contributed by atoms with Gasteiger partial charge in [-0.2, -0.15) is 5.10 Å². The number of rotatable bonds is 0. The molecule has 6 N–H and O–H groups in total. The van der Waals surface area contributed by atoms with E-state index in [1.165, 1.54) is 0 Å². The summed E-state index contributed by atoms with van der Waals surface area (Å²) in [5.41, 5.74) is 4.66. The first-order valence-corrected chi connectivity index (χ1v) is 3.09. The van der Waals surface area contributed by atoms with E-state index in [9.17, 15) is 8.42 Å². The van der Waals surface area contributed by atoms with E-state index in [1.54, 1.807) is 0 Å². The lowest BCUT2D eigenvalue weighted by Gasteiger charge is -1.89. The zero-order valence-electron chi connectivity index (χ0n) is 3.90. The molecule has 0 atom stereocenters. The maximum atomic E-state index is 10.0. The minimum atomic E-state index is -3.85. The van der Waals surface area contributed by atoms with Gasteiger partial charge in [0, 0.05) is 0 Å². The molecular weight excluding hydrogens is 132 g/mol. The van der Waals surface area contributed by atoms with Crippen LogP contribution in [0.3, 0.4) is 0 Å². The Hall–Kier alpha value is -0.820. The van der Waals surface area contributed by atoms with Gasteiger partial charge in [0.05, 0.1) is 0 Å². The van der Waals surface area contributed by atoms with Crippen LogP contribution in [0.4, 0.5) is 0 Å². The van der Waals surface area contributed by atoms with E-state index in [0.29, 0.717) is 0 Å². The molecule has 7 heteroatoms. The van der Waals surface area contributed by atoms with Crippen LogP contribution in [0.1, 0.15) is 0 Å². The van der Waals surface area contributed by atoms with Crippen molar-refractivity contribution in [2.45, 2.75) is 0 Å². The van der Waals surface area contributed by atoms with Gasteiger partial charge in [-0.3, -0.25) is 0 Å². The zero-order chi connectivity index (χ0) is 6.78. The molecule has 0 rings (SSSR count). The van der Waals surface area contributed by atoms with Gasteiger partial charge in [-0.15, -0.1) is 0 Å². The second-order valence-electron chi connectivity index (χ2n) is 1.01. The number of hydrazone groups is 1. The van der Waals surface area contributed by atoms with Gasteiger partial charge in [-0.1, -0.05) is 0 Å². The van der Waals surface area contributed by atoms with Crippen LogP contribution in [-0.4, -0.2) is 13.6 Å². The highest BCUT2D eigenvalue weighted by atomic mass is 32.2. The Morgan fingerprint density at radius 2 is 1.88 bits per heavy atom. The van der Waals surface area contributed by atoms with Crippen LogP contribution in [0.2, 0.25) is 0 Å². The van der Waals surface area contributed by atoms with Gasteiger partial charge >= 0.3 is 0 Å². The highest BCUT2D eigenvalue weighted by Crippen LogP contribution is 1.71. The number of hydrogen-bond acceptors (Lipinski definition) is 4. The molecule has 0 saturated carbocycles. The summed E-state index contributed by atoms with van der Waals surface area (Å²) in [6.07, 6.45) is 0. The predicted molar refractivity (Wildman–Crippen MR) is 28.9 cm³/mol. The van der Waals surface area contributed by atoms with Crippen molar-refractivity contribution in [3.8, 4) is 0 Å². The maximum absolute atomic E-state index is 10.0. The van der Waals surface area contributed by atoms with Crippen molar-refractivity contribution in [3.05, 3.63) is 0 Å². The predicted octanol–water partition coefficient (Wildman–Crippen LogP) is -2.54. The Labute approximate surface area is 46.4 Å². The van der Waals surface area contributed by atoms with Crippen molar-refractivity contribution in [3.63, 3.8) is 0 Å². The Balaban J connectivity index is 4.55. The van der Waals surface area contributed by atoms with Crippen LogP contribution < -0.4 is 16.7 Å². The van der Waals surface area contributed by atoms with Crippen LogP contribution in [0.15, 0.2) is 5.10 Å². The summed E-state index contributed by atoms with van der Waals surface area (Å²) in [6, 6.07) is 0. The van der Waals surface area contributed by atoms with Crippen LogP contribution in [-0.2, 0) is 10.0 Å². The average molecular weight is 138 g/mol. The number of hydrogen-bond donors (Lipinski definition) is 3. The van der Waals surface area contributed by atoms with Gasteiger partial charge in [0.1, 0.15) is 0 Å². The summed E-state index contributed by atoms with van der Waals surface area (Å²) in [6.45, 7) is 0. The summed E-state index contributed by atoms with van der Waals surface area (Å²) < 4.78 is 20.0. The minimum Gasteiger partial charge on any atom is -0.372 e. The Kier molecular flexibility index (Phi) is 1.77. The third-order valence-corrected chi connectivity index (χ3v) is 1.11. The molecule has 48 valence electrons. The monoisotopic (exact) mass is 138 g/mol. The fourth-order valence-corrected chi connectivity index (χ4v) is 0.220. The van der Waals surface area contributed by atoms with E-state index in [1.807, 2.05) is 0 Å². The molecule has 0 bridgehead atoms. The lowest BCUT2D eigenvalue weighted by atomic mass is 11.4. The van der Waals surface area contributed by atoms with Crippen LogP contribution in [0, 0.1) is 0 Å². The van der Waals surface area contributed by atoms with Crippen molar-refractivity contribution in [2.24, 2.45) is 21.8 Å². The standard InChI is InChI=1S/CH6N4O2S/c2-1(5-3)8(4,6)7/h3H2,(H2,2,5)(H2,4,6,7). The van der Waals surface area contributed by atoms with Gasteiger partial charge in [0.25, 0.3) is 15.2 Å². The first-order valence-electron chi connectivity index (χ1n) is 1.54. The molecule has 0 aliphatic heterocycles. The lowest BCUT2D eigenvalue weighted by molar-refractivity contribution is 0.608. The Bertz CT molecular complexity index is 190. The molecular formula is CH6N4O2S. The highest BCUT2D eigenvalue weighted by molar-refractivity contribution is 8.04. The normalized spacial score (nSPS) is 13.9. The molecule has 0 aromatic carbocycles. The molecule has 0 spiro atoms. The molecule has 0 heterocycles. The molecule has 6 nitrogen and oxygen atoms in total. The molecule has 0 radical (unpaired) electrons. The number of sulfonamides is 1. The molecule has 0 unspecified atom stereocenters. The number of primary sulfonamides is 1. The van der Waals surface area contributed by atoms with Gasteiger partial charge < -0.3 is 11.6 Å². The largest absolute Gasteiger partial charge is 0.372 e. The first-order chi connectivity index (χ1) is 3.48. The van der Waals surface area contributed by atoms with Gasteiger partial charge in [0.2, 0.25) is 0 Å². The summed E-state index contributed by atoms with van der Waals surface area (Å²) in [5, 5.41) is 6.30. The number of amidine groups is 1. The van der Waals surface area contributed by atoms with Crippen LogP contribution in [0.5, 0.6) is 0 Å².